The van der Waals surface area contributed by atoms with Crippen molar-refractivity contribution in [2.24, 2.45) is 0 Å². The Kier molecular flexibility index (Phi) is 3.93. The highest BCUT2D eigenvalue weighted by Crippen LogP contribution is 2.24. The zero-order chi connectivity index (χ0) is 11.4. The van der Waals surface area contributed by atoms with Crippen LogP contribution in [0, 0.1) is 0 Å². The van der Waals surface area contributed by atoms with Crippen LogP contribution in [0.25, 0.3) is 0 Å². The van der Waals surface area contributed by atoms with Gasteiger partial charge in [0.25, 0.3) is 0 Å². The first-order valence-electron chi connectivity index (χ1n) is 5.71. The Morgan fingerprint density at radius 2 is 1.88 bits per heavy atom. The molecule has 1 heterocycles. The van der Waals surface area contributed by atoms with E-state index in [0.29, 0.717) is 5.92 Å². The van der Waals surface area contributed by atoms with E-state index in [9.17, 15) is 0 Å². The maximum Gasteiger partial charge on any atom is 0.183 e. The van der Waals surface area contributed by atoms with Crippen molar-refractivity contribution in [3.8, 4) is 0 Å². The number of methoxy groups -OCH3 is 2. The fraction of sp³-hybridized carbons (Fsp3) is 0.538. The first-order valence-corrected chi connectivity index (χ1v) is 5.71. The fourth-order valence-electron chi connectivity index (χ4n) is 2.23. The summed E-state index contributed by atoms with van der Waals surface area (Å²) in [6.07, 6.45) is 0.980. The van der Waals surface area contributed by atoms with E-state index in [4.69, 9.17) is 9.47 Å². The normalized spacial score (nSPS) is 20.6. The van der Waals surface area contributed by atoms with Gasteiger partial charge in [-0.3, -0.25) is 0 Å². The number of ether oxygens (including phenoxy) is 2. The smallest absolute Gasteiger partial charge is 0.183 e. The van der Waals surface area contributed by atoms with Gasteiger partial charge in [0.1, 0.15) is 0 Å². The van der Waals surface area contributed by atoms with Crippen LogP contribution in [-0.4, -0.2) is 27.3 Å². The molecule has 0 saturated carbocycles. The summed E-state index contributed by atoms with van der Waals surface area (Å²) in [4.78, 5) is 0. The van der Waals surface area contributed by atoms with Crippen LogP contribution in [-0.2, 0) is 9.47 Å². The van der Waals surface area contributed by atoms with E-state index in [1.54, 1.807) is 14.2 Å². The number of rotatable bonds is 4. The van der Waals surface area contributed by atoms with Gasteiger partial charge in [-0.2, -0.15) is 0 Å². The topological polar surface area (TPSA) is 30.5 Å². The lowest BCUT2D eigenvalue weighted by molar-refractivity contribution is -0.106. The Balaban J connectivity index is 2.09. The van der Waals surface area contributed by atoms with Crippen molar-refractivity contribution in [2.45, 2.75) is 18.6 Å². The molecular weight excluding hydrogens is 202 g/mol. The highest BCUT2D eigenvalue weighted by molar-refractivity contribution is 5.27. The summed E-state index contributed by atoms with van der Waals surface area (Å²) in [5.74, 6) is 0.664. The minimum Gasteiger partial charge on any atom is -0.352 e. The van der Waals surface area contributed by atoms with E-state index in [-0.39, 0.29) is 6.29 Å². The summed E-state index contributed by atoms with van der Waals surface area (Å²) >= 11 is 0. The van der Waals surface area contributed by atoms with Crippen molar-refractivity contribution in [3.05, 3.63) is 35.4 Å². The summed E-state index contributed by atoms with van der Waals surface area (Å²) in [6.45, 7) is 2.22. The molecule has 1 aromatic carbocycles. The van der Waals surface area contributed by atoms with Crippen molar-refractivity contribution in [3.63, 3.8) is 0 Å². The van der Waals surface area contributed by atoms with E-state index >= 15 is 0 Å². The van der Waals surface area contributed by atoms with E-state index in [2.05, 4.69) is 29.6 Å². The Labute approximate surface area is 96.8 Å². The molecule has 0 aliphatic carbocycles. The first-order chi connectivity index (χ1) is 7.85. The van der Waals surface area contributed by atoms with Crippen LogP contribution in [0.1, 0.15) is 29.8 Å². The molecule has 3 nitrogen and oxygen atoms in total. The van der Waals surface area contributed by atoms with Crippen molar-refractivity contribution in [2.75, 3.05) is 27.3 Å². The third kappa shape index (κ3) is 2.43. The standard InChI is InChI=1S/C13H19NO2/c1-15-13(16-2)11-5-3-10(4-6-11)12-7-8-14-9-12/h3-6,12-14H,7-9H2,1-2H3. The lowest BCUT2D eigenvalue weighted by Gasteiger charge is -2.15. The summed E-state index contributed by atoms with van der Waals surface area (Å²) in [7, 11) is 3.31. The van der Waals surface area contributed by atoms with E-state index in [0.717, 1.165) is 18.7 Å². The molecule has 1 atom stereocenters. The van der Waals surface area contributed by atoms with Crippen molar-refractivity contribution < 1.29 is 9.47 Å². The molecule has 1 N–H and O–H groups in total. The van der Waals surface area contributed by atoms with Crippen LogP contribution >= 0.6 is 0 Å². The number of benzene rings is 1. The second kappa shape index (κ2) is 5.43. The molecule has 3 heteroatoms. The minimum absolute atomic E-state index is 0.254. The van der Waals surface area contributed by atoms with Gasteiger partial charge in [-0.25, -0.2) is 0 Å². The number of hydrogen-bond donors (Lipinski definition) is 1. The molecule has 1 fully saturated rings. The average Bonchev–Trinajstić information content (AvgIpc) is 2.85. The average molecular weight is 221 g/mol. The summed E-state index contributed by atoms with van der Waals surface area (Å²) in [5, 5.41) is 3.38. The molecule has 1 aromatic rings. The second-order valence-electron chi connectivity index (χ2n) is 4.16. The molecule has 2 rings (SSSR count). The zero-order valence-corrected chi connectivity index (χ0v) is 9.90. The van der Waals surface area contributed by atoms with E-state index in [1.807, 2.05) is 0 Å². The summed E-state index contributed by atoms with van der Waals surface area (Å²) < 4.78 is 10.4. The monoisotopic (exact) mass is 221 g/mol. The SMILES string of the molecule is COC(OC)c1ccc(C2CCNC2)cc1. The van der Waals surface area contributed by atoms with Gasteiger partial charge in [0.05, 0.1) is 0 Å². The van der Waals surface area contributed by atoms with Gasteiger partial charge < -0.3 is 14.8 Å². The second-order valence-corrected chi connectivity index (χ2v) is 4.16. The molecule has 0 aromatic heterocycles. The molecule has 0 amide bonds. The molecule has 1 unspecified atom stereocenters. The third-order valence-electron chi connectivity index (χ3n) is 3.17. The molecule has 1 aliphatic rings. The zero-order valence-electron chi connectivity index (χ0n) is 9.90. The molecule has 0 bridgehead atoms. The number of nitrogens with one attached hydrogen (secondary N) is 1. The van der Waals surface area contributed by atoms with Crippen LogP contribution in [0.5, 0.6) is 0 Å². The van der Waals surface area contributed by atoms with Crippen molar-refractivity contribution >= 4 is 0 Å². The van der Waals surface area contributed by atoms with Gasteiger partial charge in [0, 0.05) is 26.3 Å². The molecule has 1 aliphatic heterocycles. The Morgan fingerprint density at radius 3 is 2.38 bits per heavy atom. The van der Waals surface area contributed by atoms with Crippen LogP contribution in [0.2, 0.25) is 0 Å². The number of hydrogen-bond acceptors (Lipinski definition) is 3. The molecule has 88 valence electrons. The van der Waals surface area contributed by atoms with Gasteiger partial charge >= 0.3 is 0 Å². The van der Waals surface area contributed by atoms with Crippen LogP contribution in [0.3, 0.4) is 0 Å². The molecule has 0 spiro atoms. The highest BCUT2D eigenvalue weighted by atomic mass is 16.7. The minimum atomic E-state index is -0.254. The predicted molar refractivity (Wildman–Crippen MR) is 63.4 cm³/mol. The Bertz CT molecular complexity index is 292. The lowest BCUT2D eigenvalue weighted by Crippen LogP contribution is -2.08. The van der Waals surface area contributed by atoms with Gasteiger partial charge in [-0.05, 0) is 24.4 Å². The summed E-state index contributed by atoms with van der Waals surface area (Å²) in [5.41, 5.74) is 2.47. The molecule has 16 heavy (non-hydrogen) atoms. The first kappa shape index (κ1) is 11.6. The Morgan fingerprint density at radius 1 is 1.19 bits per heavy atom. The van der Waals surface area contributed by atoms with Crippen LogP contribution in [0.4, 0.5) is 0 Å². The fourth-order valence-corrected chi connectivity index (χ4v) is 2.23. The maximum absolute atomic E-state index is 5.22. The lowest BCUT2D eigenvalue weighted by atomic mass is 9.97. The van der Waals surface area contributed by atoms with Gasteiger partial charge in [-0.1, -0.05) is 24.3 Å². The van der Waals surface area contributed by atoms with E-state index in [1.165, 1.54) is 12.0 Å². The predicted octanol–water partition coefficient (Wildman–Crippen LogP) is 2.05. The molecule has 1 saturated heterocycles. The maximum atomic E-state index is 5.22. The molecular formula is C13H19NO2. The molecule has 0 radical (unpaired) electrons. The quantitative estimate of drug-likeness (QED) is 0.789. The van der Waals surface area contributed by atoms with Crippen molar-refractivity contribution in [1.82, 2.24) is 5.32 Å². The van der Waals surface area contributed by atoms with Gasteiger partial charge in [-0.15, -0.1) is 0 Å². The van der Waals surface area contributed by atoms with E-state index < -0.39 is 0 Å². The van der Waals surface area contributed by atoms with Crippen LogP contribution < -0.4 is 5.32 Å². The van der Waals surface area contributed by atoms with Crippen LogP contribution in [0.15, 0.2) is 24.3 Å². The largest absolute Gasteiger partial charge is 0.352 e. The van der Waals surface area contributed by atoms with Crippen molar-refractivity contribution in [1.29, 1.82) is 0 Å². The Hall–Kier alpha value is -0.900. The van der Waals surface area contributed by atoms with Gasteiger partial charge in [0.15, 0.2) is 6.29 Å². The summed E-state index contributed by atoms with van der Waals surface area (Å²) in [6, 6.07) is 8.53. The third-order valence-corrected chi connectivity index (χ3v) is 3.17. The van der Waals surface area contributed by atoms with Gasteiger partial charge in [0.2, 0.25) is 0 Å². The highest BCUT2D eigenvalue weighted by Gasteiger charge is 2.17.